The van der Waals surface area contributed by atoms with E-state index in [1.807, 2.05) is 42.5 Å². The lowest BCUT2D eigenvalue weighted by atomic mass is 10.1. The van der Waals surface area contributed by atoms with Gasteiger partial charge in [-0.25, -0.2) is 0 Å². The molecule has 21 heavy (non-hydrogen) atoms. The van der Waals surface area contributed by atoms with E-state index in [2.05, 4.69) is 10.3 Å². The van der Waals surface area contributed by atoms with E-state index in [1.54, 1.807) is 0 Å². The highest BCUT2D eigenvalue weighted by Crippen LogP contribution is 2.32. The molecule has 4 rings (SSSR count). The van der Waals surface area contributed by atoms with Gasteiger partial charge in [-0.3, -0.25) is 9.79 Å². The first-order valence-corrected chi connectivity index (χ1v) is 6.65. The summed E-state index contributed by atoms with van der Waals surface area (Å²) in [6.45, 7) is 0.677. The number of nitrogens with one attached hydrogen (secondary N) is 1. The standard InChI is InChI=1S/C16H12N2O3/c19-16-15(11-3-1-2-4-12(11)18-16)17-8-10-5-6-13-14(7-10)21-9-20-13/h1-7H,8-9H2,(H,17,18,19). The topological polar surface area (TPSA) is 59.9 Å². The normalized spacial score (nSPS) is 17.0. The van der Waals surface area contributed by atoms with Crippen molar-refractivity contribution < 1.29 is 14.3 Å². The molecule has 0 atom stereocenters. The largest absolute Gasteiger partial charge is 0.454 e. The number of carbonyl (C=O) groups excluding carboxylic acids is 1. The van der Waals surface area contributed by atoms with Gasteiger partial charge in [-0.2, -0.15) is 0 Å². The molecule has 0 bridgehead atoms. The fourth-order valence-corrected chi connectivity index (χ4v) is 2.47. The molecule has 0 radical (unpaired) electrons. The number of amides is 1. The third kappa shape index (κ3) is 2.03. The molecule has 0 aliphatic carbocycles. The van der Waals surface area contributed by atoms with Crippen molar-refractivity contribution in [3.63, 3.8) is 0 Å². The molecule has 1 amide bonds. The maximum atomic E-state index is 12.0. The zero-order chi connectivity index (χ0) is 14.2. The molecular weight excluding hydrogens is 268 g/mol. The molecule has 0 saturated carbocycles. The molecule has 2 aromatic carbocycles. The van der Waals surface area contributed by atoms with Gasteiger partial charge in [-0.15, -0.1) is 0 Å². The van der Waals surface area contributed by atoms with Gasteiger partial charge in [0.1, 0.15) is 5.71 Å². The molecule has 0 fully saturated rings. The Balaban J connectivity index is 1.62. The third-order valence-corrected chi connectivity index (χ3v) is 3.50. The molecule has 0 saturated heterocycles. The highest BCUT2D eigenvalue weighted by molar-refractivity contribution is 6.53. The smallest absolute Gasteiger partial charge is 0.274 e. The highest BCUT2D eigenvalue weighted by Gasteiger charge is 2.24. The van der Waals surface area contributed by atoms with E-state index in [1.165, 1.54) is 0 Å². The van der Waals surface area contributed by atoms with Gasteiger partial charge in [0, 0.05) is 5.56 Å². The van der Waals surface area contributed by atoms with Crippen LogP contribution in [0.3, 0.4) is 0 Å². The predicted molar refractivity (Wildman–Crippen MR) is 77.9 cm³/mol. The first-order valence-electron chi connectivity index (χ1n) is 6.65. The molecule has 2 heterocycles. The molecule has 104 valence electrons. The average molecular weight is 280 g/mol. The first-order chi connectivity index (χ1) is 10.3. The van der Waals surface area contributed by atoms with Crippen LogP contribution in [0.15, 0.2) is 47.5 Å². The number of rotatable bonds is 2. The van der Waals surface area contributed by atoms with Crippen LogP contribution in [0, 0.1) is 0 Å². The fraction of sp³-hybridized carbons (Fsp3) is 0.125. The summed E-state index contributed by atoms with van der Waals surface area (Å²) in [5.74, 6) is 1.32. The van der Waals surface area contributed by atoms with E-state index in [0.29, 0.717) is 12.3 Å². The van der Waals surface area contributed by atoms with Crippen LogP contribution in [0.2, 0.25) is 0 Å². The van der Waals surface area contributed by atoms with Crippen LogP contribution in [-0.4, -0.2) is 18.4 Å². The first kappa shape index (κ1) is 12.0. The van der Waals surface area contributed by atoms with Crippen LogP contribution in [0.25, 0.3) is 0 Å². The molecule has 2 aromatic rings. The number of aliphatic imine (C=N–C) groups is 1. The van der Waals surface area contributed by atoms with Crippen LogP contribution in [0.5, 0.6) is 11.5 Å². The van der Waals surface area contributed by atoms with Crippen molar-refractivity contribution in [3.8, 4) is 11.5 Å². The van der Waals surface area contributed by atoms with Gasteiger partial charge in [0.15, 0.2) is 11.5 Å². The molecule has 0 aromatic heterocycles. The van der Waals surface area contributed by atoms with Crippen molar-refractivity contribution in [2.24, 2.45) is 4.99 Å². The van der Waals surface area contributed by atoms with Crippen molar-refractivity contribution in [3.05, 3.63) is 53.6 Å². The SMILES string of the molecule is O=C1Nc2ccccc2C1=NCc1ccc2c(c1)OCO2. The molecule has 5 heteroatoms. The lowest BCUT2D eigenvalue weighted by Crippen LogP contribution is -2.14. The summed E-state index contributed by atoms with van der Waals surface area (Å²) >= 11 is 0. The zero-order valence-electron chi connectivity index (χ0n) is 11.1. The molecule has 0 unspecified atom stereocenters. The lowest BCUT2D eigenvalue weighted by molar-refractivity contribution is -0.110. The summed E-state index contributed by atoms with van der Waals surface area (Å²) in [6.07, 6.45) is 0. The Morgan fingerprint density at radius 1 is 1.10 bits per heavy atom. The van der Waals surface area contributed by atoms with E-state index in [-0.39, 0.29) is 12.7 Å². The number of para-hydroxylation sites is 1. The Morgan fingerprint density at radius 2 is 1.95 bits per heavy atom. The van der Waals surface area contributed by atoms with Gasteiger partial charge in [-0.05, 0) is 23.8 Å². The maximum absolute atomic E-state index is 12.0. The van der Waals surface area contributed by atoms with Crippen LogP contribution in [-0.2, 0) is 11.3 Å². The van der Waals surface area contributed by atoms with Crippen molar-refractivity contribution in [2.75, 3.05) is 12.1 Å². The quantitative estimate of drug-likeness (QED) is 0.918. The molecule has 2 aliphatic rings. The maximum Gasteiger partial charge on any atom is 0.274 e. The van der Waals surface area contributed by atoms with E-state index in [9.17, 15) is 4.79 Å². The highest BCUT2D eigenvalue weighted by atomic mass is 16.7. The minimum atomic E-state index is -0.156. The van der Waals surface area contributed by atoms with Gasteiger partial charge in [0.25, 0.3) is 5.91 Å². The number of anilines is 1. The monoisotopic (exact) mass is 280 g/mol. The van der Waals surface area contributed by atoms with Crippen molar-refractivity contribution >= 4 is 17.3 Å². The molecule has 2 aliphatic heterocycles. The number of benzene rings is 2. The van der Waals surface area contributed by atoms with E-state index < -0.39 is 0 Å². The van der Waals surface area contributed by atoms with Crippen LogP contribution >= 0.6 is 0 Å². The average Bonchev–Trinajstić information content (AvgIpc) is 3.08. The zero-order valence-corrected chi connectivity index (χ0v) is 11.1. The molecule has 5 nitrogen and oxygen atoms in total. The van der Waals surface area contributed by atoms with E-state index >= 15 is 0 Å². The fourth-order valence-electron chi connectivity index (χ4n) is 2.47. The Labute approximate surface area is 121 Å². The second-order valence-electron chi connectivity index (χ2n) is 4.85. The second kappa shape index (κ2) is 4.63. The van der Waals surface area contributed by atoms with Gasteiger partial charge < -0.3 is 14.8 Å². The van der Waals surface area contributed by atoms with Crippen LogP contribution in [0.1, 0.15) is 11.1 Å². The number of fused-ring (bicyclic) bond motifs is 2. The van der Waals surface area contributed by atoms with Crippen LogP contribution in [0.4, 0.5) is 5.69 Å². The Hall–Kier alpha value is -2.82. The summed E-state index contributed by atoms with van der Waals surface area (Å²) in [5, 5.41) is 2.81. The van der Waals surface area contributed by atoms with Crippen LogP contribution < -0.4 is 14.8 Å². The molecule has 1 N–H and O–H groups in total. The molecule has 0 spiro atoms. The van der Waals surface area contributed by atoms with Crippen molar-refractivity contribution in [1.29, 1.82) is 0 Å². The number of hydrogen-bond donors (Lipinski definition) is 1. The van der Waals surface area contributed by atoms with Crippen molar-refractivity contribution in [2.45, 2.75) is 6.54 Å². The van der Waals surface area contributed by atoms with E-state index in [0.717, 1.165) is 28.3 Å². The predicted octanol–water partition coefficient (Wildman–Crippen LogP) is 2.36. The lowest BCUT2D eigenvalue weighted by Gasteiger charge is -2.01. The summed E-state index contributed by atoms with van der Waals surface area (Å²) in [7, 11) is 0. The van der Waals surface area contributed by atoms with Gasteiger partial charge in [-0.1, -0.05) is 24.3 Å². The minimum Gasteiger partial charge on any atom is -0.454 e. The summed E-state index contributed by atoms with van der Waals surface area (Å²) in [6, 6.07) is 13.2. The molecular formula is C16H12N2O3. The Bertz CT molecular complexity index is 768. The number of ether oxygens (including phenoxy) is 2. The minimum absolute atomic E-state index is 0.156. The summed E-state index contributed by atoms with van der Waals surface area (Å²) in [5.41, 5.74) is 3.11. The van der Waals surface area contributed by atoms with Crippen molar-refractivity contribution in [1.82, 2.24) is 0 Å². The number of carbonyl (C=O) groups is 1. The number of nitrogens with zero attached hydrogens (tertiary/aromatic N) is 1. The number of hydrogen-bond acceptors (Lipinski definition) is 4. The summed E-state index contributed by atoms with van der Waals surface area (Å²) in [4.78, 5) is 16.4. The Kier molecular flexibility index (Phi) is 2.64. The second-order valence-corrected chi connectivity index (χ2v) is 4.85. The Morgan fingerprint density at radius 3 is 2.90 bits per heavy atom. The summed E-state index contributed by atoms with van der Waals surface area (Å²) < 4.78 is 10.6. The van der Waals surface area contributed by atoms with E-state index in [4.69, 9.17) is 9.47 Å². The van der Waals surface area contributed by atoms with Gasteiger partial charge in [0.05, 0.1) is 12.2 Å². The van der Waals surface area contributed by atoms with Gasteiger partial charge in [0.2, 0.25) is 6.79 Å². The van der Waals surface area contributed by atoms with Gasteiger partial charge >= 0.3 is 0 Å². The third-order valence-electron chi connectivity index (χ3n) is 3.50.